The first-order chi connectivity index (χ1) is 12.0. The number of rotatable bonds is 5. The van der Waals surface area contributed by atoms with Gasteiger partial charge in [0.1, 0.15) is 11.5 Å². The van der Waals surface area contributed by atoms with Crippen molar-refractivity contribution in [2.24, 2.45) is 0 Å². The lowest BCUT2D eigenvalue weighted by Crippen LogP contribution is -2.34. The summed E-state index contributed by atoms with van der Waals surface area (Å²) >= 11 is 0. The van der Waals surface area contributed by atoms with Crippen molar-refractivity contribution in [1.29, 1.82) is 0 Å². The first-order valence-electron chi connectivity index (χ1n) is 8.18. The van der Waals surface area contributed by atoms with E-state index in [1.165, 1.54) is 18.3 Å². The van der Waals surface area contributed by atoms with Gasteiger partial charge in [-0.25, -0.2) is 9.18 Å². The van der Waals surface area contributed by atoms with Crippen molar-refractivity contribution in [1.82, 2.24) is 15.2 Å². The molecule has 2 heterocycles. The summed E-state index contributed by atoms with van der Waals surface area (Å²) in [4.78, 5) is 40.3. The number of amides is 3. The van der Waals surface area contributed by atoms with Crippen LogP contribution in [0.15, 0.2) is 29.2 Å². The molecule has 8 heteroatoms. The molecule has 0 aliphatic carbocycles. The number of aromatic amines is 1. The van der Waals surface area contributed by atoms with Crippen molar-refractivity contribution >= 4 is 28.5 Å². The highest BCUT2D eigenvalue weighted by atomic mass is 19.1. The van der Waals surface area contributed by atoms with Crippen LogP contribution in [0.5, 0.6) is 0 Å². The second-order valence-corrected chi connectivity index (χ2v) is 5.94. The predicted molar refractivity (Wildman–Crippen MR) is 92.0 cm³/mol. The highest BCUT2D eigenvalue weighted by Crippen LogP contribution is 2.12. The van der Waals surface area contributed by atoms with Crippen molar-refractivity contribution in [3.05, 3.63) is 40.4 Å². The minimum Gasteiger partial charge on any atom is -0.359 e. The number of nitrogens with zero attached hydrogens (tertiary/aromatic N) is 1. The monoisotopic (exact) mass is 346 g/mol. The van der Waals surface area contributed by atoms with Crippen LogP contribution in [0, 0.1) is 5.82 Å². The maximum Gasteiger partial charge on any atom is 0.319 e. The second kappa shape index (κ2) is 7.33. The van der Waals surface area contributed by atoms with Crippen LogP contribution in [-0.4, -0.2) is 41.5 Å². The number of pyridine rings is 1. The number of anilines is 1. The van der Waals surface area contributed by atoms with Gasteiger partial charge in [-0.15, -0.1) is 0 Å². The van der Waals surface area contributed by atoms with Crippen LogP contribution in [-0.2, 0) is 4.79 Å². The average molecular weight is 346 g/mol. The molecule has 1 aromatic heterocycles. The van der Waals surface area contributed by atoms with Gasteiger partial charge in [-0.1, -0.05) is 0 Å². The molecule has 0 atom stereocenters. The smallest absolute Gasteiger partial charge is 0.319 e. The molecule has 0 unspecified atom stereocenters. The van der Waals surface area contributed by atoms with Crippen LogP contribution in [0.1, 0.15) is 19.3 Å². The molecule has 1 saturated heterocycles. The van der Waals surface area contributed by atoms with Gasteiger partial charge in [-0.3, -0.25) is 9.59 Å². The highest BCUT2D eigenvalue weighted by Gasteiger charge is 2.19. The predicted octanol–water partition coefficient (Wildman–Crippen LogP) is 1.80. The number of likely N-dealkylation sites (tertiary alicyclic amines) is 1. The number of benzene rings is 1. The molecule has 1 aliphatic rings. The van der Waals surface area contributed by atoms with Crippen LogP contribution in [0.2, 0.25) is 0 Å². The molecule has 2 aromatic rings. The number of fused-ring (bicyclic) bond motifs is 1. The summed E-state index contributed by atoms with van der Waals surface area (Å²) in [6.45, 7) is 1.76. The summed E-state index contributed by atoms with van der Waals surface area (Å²) in [7, 11) is 0. The van der Waals surface area contributed by atoms with E-state index in [-0.39, 0.29) is 17.0 Å². The van der Waals surface area contributed by atoms with E-state index in [4.69, 9.17) is 0 Å². The molecule has 1 fully saturated rings. The van der Waals surface area contributed by atoms with Crippen LogP contribution in [0.4, 0.5) is 14.9 Å². The minimum absolute atomic E-state index is 0.0466. The molecule has 0 saturated carbocycles. The Kier molecular flexibility index (Phi) is 4.97. The van der Waals surface area contributed by atoms with Crippen molar-refractivity contribution in [3.8, 4) is 0 Å². The van der Waals surface area contributed by atoms with E-state index in [0.717, 1.165) is 19.0 Å². The second-order valence-electron chi connectivity index (χ2n) is 5.94. The van der Waals surface area contributed by atoms with Crippen molar-refractivity contribution in [2.45, 2.75) is 19.3 Å². The Morgan fingerprint density at radius 2 is 2.16 bits per heavy atom. The van der Waals surface area contributed by atoms with Gasteiger partial charge in [0.15, 0.2) is 0 Å². The number of hydrogen-bond acceptors (Lipinski definition) is 3. The van der Waals surface area contributed by atoms with Crippen molar-refractivity contribution in [2.75, 3.05) is 25.0 Å². The molecule has 132 valence electrons. The maximum atomic E-state index is 13.3. The Balaban J connectivity index is 1.54. The van der Waals surface area contributed by atoms with E-state index in [9.17, 15) is 18.8 Å². The zero-order valence-corrected chi connectivity index (χ0v) is 13.6. The van der Waals surface area contributed by atoms with Gasteiger partial charge < -0.3 is 20.5 Å². The van der Waals surface area contributed by atoms with Gasteiger partial charge in [0, 0.05) is 37.8 Å². The molecule has 3 rings (SSSR count). The standard InChI is InChI=1S/C17H19FN4O3/c18-11-4-5-13-12(9-11)16(24)14(10-20-13)21-17(25)19-6-2-8-22-7-1-3-15(22)23/h4-5,9-10H,1-3,6-8H2,(H,20,24)(H2,19,21,25). The van der Waals surface area contributed by atoms with E-state index >= 15 is 0 Å². The largest absolute Gasteiger partial charge is 0.359 e. The number of hydrogen-bond donors (Lipinski definition) is 3. The van der Waals surface area contributed by atoms with E-state index < -0.39 is 17.3 Å². The number of halogens is 1. The van der Waals surface area contributed by atoms with Gasteiger partial charge in [0.25, 0.3) is 0 Å². The number of nitrogens with one attached hydrogen (secondary N) is 3. The molecule has 0 spiro atoms. The molecule has 3 N–H and O–H groups in total. The van der Waals surface area contributed by atoms with E-state index in [1.54, 1.807) is 4.90 Å². The van der Waals surface area contributed by atoms with Crippen molar-refractivity contribution < 1.29 is 14.0 Å². The van der Waals surface area contributed by atoms with E-state index in [1.807, 2.05) is 0 Å². The van der Waals surface area contributed by atoms with Crippen LogP contribution < -0.4 is 16.1 Å². The molecule has 0 bridgehead atoms. The third-order valence-corrected chi connectivity index (χ3v) is 4.15. The summed E-state index contributed by atoms with van der Waals surface area (Å²) in [6.07, 6.45) is 3.50. The summed E-state index contributed by atoms with van der Waals surface area (Å²) < 4.78 is 13.3. The van der Waals surface area contributed by atoms with E-state index in [0.29, 0.717) is 31.4 Å². The first kappa shape index (κ1) is 16.9. The molecule has 3 amide bonds. The summed E-state index contributed by atoms with van der Waals surface area (Å²) in [5.41, 5.74) is 0.0871. The van der Waals surface area contributed by atoms with Gasteiger partial charge in [0.05, 0.1) is 5.39 Å². The number of H-pyrrole nitrogens is 1. The third-order valence-electron chi connectivity index (χ3n) is 4.15. The summed E-state index contributed by atoms with van der Waals surface area (Å²) in [5.74, 6) is -0.365. The Morgan fingerprint density at radius 1 is 1.32 bits per heavy atom. The Labute approximate surface area is 143 Å². The zero-order chi connectivity index (χ0) is 17.8. The SMILES string of the molecule is O=C(NCCCN1CCCC1=O)Nc1c[nH]c2ccc(F)cc2c1=O. The molecular weight excluding hydrogens is 327 g/mol. The molecular formula is C17H19FN4O3. The van der Waals surface area contributed by atoms with Crippen LogP contribution >= 0.6 is 0 Å². The Bertz CT molecular complexity index is 865. The molecule has 7 nitrogen and oxygen atoms in total. The number of urea groups is 1. The molecule has 1 aromatic carbocycles. The summed E-state index contributed by atoms with van der Waals surface area (Å²) in [6, 6.07) is 3.33. The van der Waals surface area contributed by atoms with Gasteiger partial charge >= 0.3 is 6.03 Å². The maximum absolute atomic E-state index is 13.3. The van der Waals surface area contributed by atoms with Crippen LogP contribution in [0.3, 0.4) is 0 Å². The fourth-order valence-electron chi connectivity index (χ4n) is 2.86. The fourth-order valence-corrected chi connectivity index (χ4v) is 2.86. The minimum atomic E-state index is -0.519. The first-order valence-corrected chi connectivity index (χ1v) is 8.18. The Hall–Kier alpha value is -2.90. The summed E-state index contributed by atoms with van der Waals surface area (Å²) in [5, 5.41) is 5.28. The van der Waals surface area contributed by atoms with Gasteiger partial charge in [-0.2, -0.15) is 0 Å². The van der Waals surface area contributed by atoms with Gasteiger partial charge in [-0.05, 0) is 31.0 Å². The highest BCUT2D eigenvalue weighted by molar-refractivity contribution is 5.91. The Morgan fingerprint density at radius 3 is 2.92 bits per heavy atom. The lowest BCUT2D eigenvalue weighted by Gasteiger charge is -2.15. The topological polar surface area (TPSA) is 94.3 Å². The van der Waals surface area contributed by atoms with E-state index in [2.05, 4.69) is 15.6 Å². The van der Waals surface area contributed by atoms with Crippen molar-refractivity contribution in [3.63, 3.8) is 0 Å². The zero-order valence-electron chi connectivity index (χ0n) is 13.6. The average Bonchev–Trinajstić information content (AvgIpc) is 3.00. The van der Waals surface area contributed by atoms with Crippen LogP contribution in [0.25, 0.3) is 10.9 Å². The molecule has 1 aliphatic heterocycles. The lowest BCUT2D eigenvalue weighted by atomic mass is 10.2. The quantitative estimate of drug-likeness (QED) is 0.721. The normalized spacial score (nSPS) is 14.1. The fraction of sp³-hybridized carbons (Fsp3) is 0.353. The molecule has 0 radical (unpaired) electrons. The number of aromatic nitrogens is 1. The number of carbonyl (C=O) groups excluding carboxylic acids is 2. The number of carbonyl (C=O) groups is 2. The third kappa shape index (κ3) is 3.96. The lowest BCUT2D eigenvalue weighted by molar-refractivity contribution is -0.127. The van der Waals surface area contributed by atoms with Gasteiger partial charge in [0.2, 0.25) is 11.3 Å². The molecule has 25 heavy (non-hydrogen) atoms.